The second-order valence-electron chi connectivity index (χ2n) is 2.68. The van der Waals surface area contributed by atoms with E-state index in [0.717, 1.165) is 4.70 Å². The quantitative estimate of drug-likeness (QED) is 0.821. The number of carboxylic acid groups (broad SMARTS) is 1. The molecule has 0 amide bonds. The zero-order valence-corrected chi connectivity index (χ0v) is 8.17. The molecule has 0 radical (unpaired) electrons. The van der Waals surface area contributed by atoms with Crippen LogP contribution in [0.15, 0.2) is 17.6 Å². The normalized spacial score (nSPS) is 10.4. The van der Waals surface area contributed by atoms with Gasteiger partial charge in [-0.3, -0.25) is 0 Å². The fourth-order valence-electron chi connectivity index (χ4n) is 1.22. The Kier molecular flexibility index (Phi) is 2.09. The summed E-state index contributed by atoms with van der Waals surface area (Å²) in [5.74, 6) is -0.445. The molecule has 0 saturated heterocycles. The number of hydrogen-bond donors (Lipinski definition) is 1. The van der Waals surface area contributed by atoms with Crippen LogP contribution in [0.4, 0.5) is 0 Å². The van der Waals surface area contributed by atoms with Crippen molar-refractivity contribution in [1.82, 2.24) is 4.98 Å². The van der Waals surface area contributed by atoms with Gasteiger partial charge in [0.1, 0.15) is 5.75 Å². The molecular weight excluding hydrogens is 202 g/mol. The second-order valence-corrected chi connectivity index (χ2v) is 3.57. The van der Waals surface area contributed by atoms with Gasteiger partial charge in [-0.1, -0.05) is 0 Å². The molecule has 0 atom stereocenters. The Bertz CT molecular complexity index is 492. The Morgan fingerprint density at radius 1 is 1.57 bits per heavy atom. The molecule has 2 aromatic rings. The van der Waals surface area contributed by atoms with Crippen LogP contribution < -0.4 is 4.74 Å². The molecule has 1 aromatic heterocycles. The van der Waals surface area contributed by atoms with Gasteiger partial charge in [-0.25, -0.2) is 9.78 Å². The summed E-state index contributed by atoms with van der Waals surface area (Å²) in [5, 5.41) is 8.93. The second kappa shape index (κ2) is 3.26. The predicted octanol–water partition coefficient (Wildman–Crippen LogP) is 2.00. The third-order valence-corrected chi connectivity index (χ3v) is 2.65. The van der Waals surface area contributed by atoms with Crippen LogP contribution in [0.3, 0.4) is 0 Å². The molecule has 72 valence electrons. The van der Waals surface area contributed by atoms with Crippen LogP contribution in [0.5, 0.6) is 5.75 Å². The minimum atomic E-state index is -0.986. The van der Waals surface area contributed by atoms with Crippen LogP contribution in [0.25, 0.3) is 10.2 Å². The van der Waals surface area contributed by atoms with Gasteiger partial charge in [0, 0.05) is 0 Å². The number of ether oxygens (including phenoxy) is 1. The Morgan fingerprint density at radius 2 is 2.36 bits per heavy atom. The van der Waals surface area contributed by atoms with Crippen LogP contribution in [0.1, 0.15) is 10.4 Å². The summed E-state index contributed by atoms with van der Waals surface area (Å²) in [7, 11) is 1.51. The topological polar surface area (TPSA) is 59.4 Å². The van der Waals surface area contributed by atoms with Gasteiger partial charge >= 0.3 is 5.97 Å². The molecule has 1 N–H and O–H groups in total. The summed E-state index contributed by atoms with van der Waals surface area (Å²) in [5.41, 5.74) is 2.32. The van der Waals surface area contributed by atoms with Crippen molar-refractivity contribution in [2.75, 3.05) is 7.11 Å². The smallest absolute Gasteiger partial charge is 0.338 e. The van der Waals surface area contributed by atoms with Crippen LogP contribution in [-0.2, 0) is 0 Å². The summed E-state index contributed by atoms with van der Waals surface area (Å²) >= 11 is 1.39. The van der Waals surface area contributed by atoms with E-state index in [1.807, 2.05) is 0 Å². The highest BCUT2D eigenvalue weighted by Gasteiger charge is 2.12. The Balaban J connectivity index is 2.76. The van der Waals surface area contributed by atoms with E-state index in [4.69, 9.17) is 9.84 Å². The van der Waals surface area contributed by atoms with Crippen molar-refractivity contribution < 1.29 is 14.6 Å². The van der Waals surface area contributed by atoms with Gasteiger partial charge in [-0.05, 0) is 12.1 Å². The van der Waals surface area contributed by atoms with Crippen molar-refractivity contribution >= 4 is 27.5 Å². The SMILES string of the molecule is COc1cc(C(=O)O)c2ncsc2c1. The van der Waals surface area contributed by atoms with E-state index >= 15 is 0 Å². The number of thiazole rings is 1. The van der Waals surface area contributed by atoms with E-state index < -0.39 is 5.97 Å². The molecule has 0 saturated carbocycles. The van der Waals surface area contributed by atoms with Crippen LogP contribution in [0.2, 0.25) is 0 Å². The number of rotatable bonds is 2. The van der Waals surface area contributed by atoms with Gasteiger partial charge in [-0.15, -0.1) is 11.3 Å². The van der Waals surface area contributed by atoms with Crippen molar-refractivity contribution in [2.45, 2.75) is 0 Å². The minimum Gasteiger partial charge on any atom is -0.497 e. The number of carbonyl (C=O) groups is 1. The van der Waals surface area contributed by atoms with Crippen LogP contribution in [-0.4, -0.2) is 23.2 Å². The van der Waals surface area contributed by atoms with Gasteiger partial charge in [0.05, 0.1) is 28.4 Å². The summed E-state index contributed by atoms with van der Waals surface area (Å²) in [6, 6.07) is 3.25. The number of benzene rings is 1. The van der Waals surface area contributed by atoms with E-state index in [0.29, 0.717) is 11.3 Å². The lowest BCUT2D eigenvalue weighted by molar-refractivity contribution is 0.0698. The molecule has 1 aromatic carbocycles. The molecular formula is C9H7NO3S. The molecule has 0 unspecified atom stereocenters. The molecule has 0 spiro atoms. The van der Waals surface area contributed by atoms with E-state index in [-0.39, 0.29) is 5.56 Å². The maximum atomic E-state index is 10.9. The zero-order valence-electron chi connectivity index (χ0n) is 7.35. The number of fused-ring (bicyclic) bond motifs is 1. The maximum Gasteiger partial charge on any atom is 0.338 e. The zero-order chi connectivity index (χ0) is 10.1. The van der Waals surface area contributed by atoms with Crippen LogP contribution >= 0.6 is 11.3 Å². The summed E-state index contributed by atoms with van der Waals surface area (Å²) in [6.07, 6.45) is 0. The van der Waals surface area contributed by atoms with Crippen LogP contribution in [0, 0.1) is 0 Å². The number of aromatic carboxylic acids is 1. The number of carboxylic acids is 1. The number of aromatic nitrogens is 1. The van der Waals surface area contributed by atoms with Crippen molar-refractivity contribution in [3.63, 3.8) is 0 Å². The maximum absolute atomic E-state index is 10.9. The standard InChI is InChI=1S/C9H7NO3S/c1-13-5-2-6(9(11)12)8-7(3-5)14-4-10-8/h2-4H,1H3,(H,11,12). The van der Waals surface area contributed by atoms with Gasteiger partial charge < -0.3 is 9.84 Å². The number of nitrogens with zero attached hydrogens (tertiary/aromatic N) is 1. The Morgan fingerprint density at radius 3 is 3.00 bits per heavy atom. The van der Waals surface area contributed by atoms with Crippen molar-refractivity contribution in [3.8, 4) is 5.75 Å². The lowest BCUT2D eigenvalue weighted by atomic mass is 10.2. The fourth-order valence-corrected chi connectivity index (χ4v) is 1.95. The Hall–Kier alpha value is -1.62. The third kappa shape index (κ3) is 1.31. The fraction of sp³-hybridized carbons (Fsp3) is 0.111. The average molecular weight is 209 g/mol. The predicted molar refractivity (Wildman–Crippen MR) is 53.1 cm³/mol. The molecule has 0 aliphatic carbocycles. The highest BCUT2D eigenvalue weighted by molar-refractivity contribution is 7.16. The van der Waals surface area contributed by atoms with Crippen molar-refractivity contribution in [3.05, 3.63) is 23.2 Å². The lowest BCUT2D eigenvalue weighted by Gasteiger charge is -2.01. The highest BCUT2D eigenvalue weighted by Crippen LogP contribution is 2.27. The first kappa shape index (κ1) is 8.96. The molecule has 0 fully saturated rings. The number of hydrogen-bond acceptors (Lipinski definition) is 4. The van der Waals surface area contributed by atoms with E-state index in [9.17, 15) is 4.79 Å². The summed E-state index contributed by atoms with van der Waals surface area (Å²) in [6.45, 7) is 0. The molecule has 5 heteroatoms. The number of methoxy groups -OCH3 is 1. The monoisotopic (exact) mass is 209 g/mol. The first-order valence-electron chi connectivity index (χ1n) is 3.87. The molecule has 4 nitrogen and oxygen atoms in total. The molecule has 0 aliphatic heterocycles. The molecule has 14 heavy (non-hydrogen) atoms. The van der Waals surface area contributed by atoms with Gasteiger partial charge in [0.25, 0.3) is 0 Å². The molecule has 0 bridgehead atoms. The van der Waals surface area contributed by atoms with Crippen molar-refractivity contribution in [2.24, 2.45) is 0 Å². The first-order valence-corrected chi connectivity index (χ1v) is 4.75. The summed E-state index contributed by atoms with van der Waals surface area (Å²) in [4.78, 5) is 14.9. The molecule has 0 aliphatic rings. The summed E-state index contributed by atoms with van der Waals surface area (Å²) < 4.78 is 5.82. The van der Waals surface area contributed by atoms with Gasteiger partial charge in [-0.2, -0.15) is 0 Å². The van der Waals surface area contributed by atoms with E-state index in [2.05, 4.69) is 4.98 Å². The lowest BCUT2D eigenvalue weighted by Crippen LogP contribution is -1.98. The van der Waals surface area contributed by atoms with Gasteiger partial charge in [0.15, 0.2) is 0 Å². The third-order valence-electron chi connectivity index (χ3n) is 1.88. The van der Waals surface area contributed by atoms with Gasteiger partial charge in [0.2, 0.25) is 0 Å². The first-order chi connectivity index (χ1) is 6.72. The highest BCUT2D eigenvalue weighted by atomic mass is 32.1. The Labute approximate surface area is 83.8 Å². The molecule has 1 heterocycles. The van der Waals surface area contributed by atoms with E-state index in [1.54, 1.807) is 11.6 Å². The van der Waals surface area contributed by atoms with E-state index in [1.165, 1.54) is 24.5 Å². The van der Waals surface area contributed by atoms with Crippen molar-refractivity contribution in [1.29, 1.82) is 0 Å². The average Bonchev–Trinajstić information content (AvgIpc) is 2.63. The largest absolute Gasteiger partial charge is 0.497 e. The minimum absolute atomic E-state index is 0.181. The molecule has 2 rings (SSSR count).